The van der Waals surface area contributed by atoms with Crippen molar-refractivity contribution in [3.63, 3.8) is 0 Å². The third-order valence-corrected chi connectivity index (χ3v) is 7.65. The lowest BCUT2D eigenvalue weighted by atomic mass is 10.2. The molecule has 0 aliphatic carbocycles. The summed E-state index contributed by atoms with van der Waals surface area (Å²) in [6, 6.07) is 9.29. The minimum atomic E-state index is -3.43. The quantitative estimate of drug-likeness (QED) is 0.605. The Hall–Kier alpha value is -1.09. The van der Waals surface area contributed by atoms with Crippen LogP contribution in [0.3, 0.4) is 0 Å². The van der Waals surface area contributed by atoms with E-state index >= 15 is 0 Å². The van der Waals surface area contributed by atoms with Crippen LogP contribution in [-0.4, -0.2) is 37.9 Å². The number of pyridine rings is 1. The Bertz CT molecular complexity index is 851. The summed E-state index contributed by atoms with van der Waals surface area (Å²) in [4.78, 5) is 4.60. The molecule has 0 N–H and O–H groups in total. The van der Waals surface area contributed by atoms with Crippen molar-refractivity contribution < 1.29 is 13.2 Å². The minimum absolute atomic E-state index is 0.267. The predicted molar refractivity (Wildman–Crippen MR) is 107 cm³/mol. The average Bonchev–Trinajstić information content (AvgIpc) is 2.67. The molecule has 3 rings (SSSR count). The number of piperidine rings is 1. The molecule has 0 radical (unpaired) electrons. The number of ether oxygens (including phenoxy) is 1. The molecule has 26 heavy (non-hydrogen) atoms. The predicted octanol–water partition coefficient (Wildman–Crippen LogP) is 4.32. The molecule has 2 heterocycles. The van der Waals surface area contributed by atoms with Crippen LogP contribution in [0.4, 0.5) is 0 Å². The number of hydrogen-bond acceptors (Lipinski definition) is 5. The Morgan fingerprint density at radius 2 is 1.96 bits per heavy atom. The Labute approximate surface area is 167 Å². The monoisotopic (exact) mass is 456 g/mol. The van der Waals surface area contributed by atoms with Gasteiger partial charge in [0.1, 0.15) is 10.6 Å². The van der Waals surface area contributed by atoms with Gasteiger partial charge < -0.3 is 4.74 Å². The average molecular weight is 457 g/mol. The largest absolute Gasteiger partial charge is 0.496 e. The van der Waals surface area contributed by atoms with Crippen LogP contribution in [0, 0.1) is 0 Å². The van der Waals surface area contributed by atoms with Crippen molar-refractivity contribution in [3.8, 4) is 5.75 Å². The van der Waals surface area contributed by atoms with Crippen LogP contribution in [0.25, 0.3) is 0 Å². The topological polar surface area (TPSA) is 59.5 Å². The highest BCUT2D eigenvalue weighted by Crippen LogP contribution is 2.30. The molecule has 0 bridgehead atoms. The molecule has 1 aliphatic rings. The number of hydrogen-bond donors (Lipinski definition) is 0. The molecule has 0 amide bonds. The van der Waals surface area contributed by atoms with Gasteiger partial charge in [-0.25, -0.2) is 13.4 Å². The van der Waals surface area contributed by atoms with E-state index in [1.807, 2.05) is 18.2 Å². The van der Waals surface area contributed by atoms with E-state index in [1.54, 1.807) is 35.3 Å². The molecule has 0 atom stereocenters. The van der Waals surface area contributed by atoms with Crippen LogP contribution in [0.1, 0.15) is 24.8 Å². The van der Waals surface area contributed by atoms with Gasteiger partial charge >= 0.3 is 0 Å². The second-order valence-electron chi connectivity index (χ2n) is 6.04. The summed E-state index contributed by atoms with van der Waals surface area (Å²) in [7, 11) is -1.78. The fraction of sp³-hybridized carbons (Fsp3) is 0.389. The summed E-state index contributed by atoms with van der Waals surface area (Å²) in [5.74, 6) is 1.51. The van der Waals surface area contributed by atoms with Gasteiger partial charge in [-0.3, -0.25) is 0 Å². The highest BCUT2D eigenvalue weighted by molar-refractivity contribution is 9.10. The zero-order valence-corrected chi connectivity index (χ0v) is 17.7. The zero-order valence-electron chi connectivity index (χ0n) is 14.5. The molecule has 0 unspecified atom stereocenters. The summed E-state index contributed by atoms with van der Waals surface area (Å²) in [6.07, 6.45) is 4.41. The van der Waals surface area contributed by atoms with Crippen LogP contribution >= 0.6 is 27.7 Å². The van der Waals surface area contributed by atoms with E-state index in [4.69, 9.17) is 4.74 Å². The third kappa shape index (κ3) is 4.60. The van der Waals surface area contributed by atoms with Crippen molar-refractivity contribution in [1.29, 1.82) is 0 Å². The van der Waals surface area contributed by atoms with Gasteiger partial charge in [0, 0.05) is 35.1 Å². The number of halogens is 1. The highest BCUT2D eigenvalue weighted by atomic mass is 79.9. The SMILES string of the molecule is COc1ccc(Br)cc1CSc1ccc(S(=O)(=O)N2CCCCC2)cn1. The maximum Gasteiger partial charge on any atom is 0.244 e. The van der Waals surface area contributed by atoms with Gasteiger partial charge in [-0.05, 0) is 43.2 Å². The molecule has 5 nitrogen and oxygen atoms in total. The fourth-order valence-corrected chi connectivity index (χ4v) is 5.56. The first-order valence-electron chi connectivity index (χ1n) is 8.42. The standard InChI is InChI=1S/C18H21BrN2O3S2/c1-24-17-7-5-15(19)11-14(17)13-25-18-8-6-16(12-20-18)26(22,23)21-9-3-2-4-10-21/h5-8,11-12H,2-4,9-10,13H2,1H3. The second-order valence-corrected chi connectivity index (χ2v) is 9.89. The molecule has 2 aromatic rings. The molecule has 1 fully saturated rings. The normalized spacial score (nSPS) is 15.8. The van der Waals surface area contributed by atoms with Gasteiger partial charge in [-0.1, -0.05) is 22.4 Å². The number of aromatic nitrogens is 1. The summed E-state index contributed by atoms with van der Waals surface area (Å²) in [5, 5.41) is 0.782. The van der Waals surface area contributed by atoms with Crippen LogP contribution < -0.4 is 4.74 Å². The summed E-state index contributed by atoms with van der Waals surface area (Å²) < 4.78 is 33.2. The highest BCUT2D eigenvalue weighted by Gasteiger charge is 2.26. The second kappa shape index (κ2) is 8.73. The Morgan fingerprint density at radius 1 is 1.19 bits per heavy atom. The summed E-state index contributed by atoms with van der Waals surface area (Å²) in [6.45, 7) is 1.20. The van der Waals surface area contributed by atoms with E-state index in [9.17, 15) is 8.42 Å². The Kier molecular flexibility index (Phi) is 6.60. The molecule has 140 valence electrons. The lowest BCUT2D eigenvalue weighted by Gasteiger charge is -2.25. The molecule has 1 saturated heterocycles. The fourth-order valence-electron chi connectivity index (χ4n) is 2.87. The number of thioether (sulfide) groups is 1. The number of sulfonamides is 1. The van der Waals surface area contributed by atoms with E-state index in [1.165, 1.54) is 6.20 Å². The van der Waals surface area contributed by atoms with E-state index in [2.05, 4.69) is 20.9 Å². The molecule has 0 saturated carbocycles. The van der Waals surface area contributed by atoms with Crippen molar-refractivity contribution in [3.05, 3.63) is 46.6 Å². The molecular weight excluding hydrogens is 436 g/mol. The van der Waals surface area contributed by atoms with Gasteiger partial charge in [0.25, 0.3) is 0 Å². The van der Waals surface area contributed by atoms with E-state index in [0.717, 1.165) is 40.1 Å². The molecule has 8 heteroatoms. The smallest absolute Gasteiger partial charge is 0.244 e. The van der Waals surface area contributed by atoms with Crippen molar-refractivity contribution in [2.45, 2.75) is 34.9 Å². The third-order valence-electron chi connectivity index (χ3n) is 4.28. The lowest BCUT2D eigenvalue weighted by molar-refractivity contribution is 0.346. The molecule has 1 aromatic heterocycles. The Balaban J connectivity index is 1.69. The first-order chi connectivity index (χ1) is 12.5. The van der Waals surface area contributed by atoms with Crippen molar-refractivity contribution >= 4 is 37.7 Å². The molecule has 1 aromatic carbocycles. The van der Waals surface area contributed by atoms with E-state index in [0.29, 0.717) is 18.8 Å². The van der Waals surface area contributed by atoms with Gasteiger partial charge in [-0.15, -0.1) is 11.8 Å². The summed E-state index contributed by atoms with van der Waals surface area (Å²) >= 11 is 5.02. The van der Waals surface area contributed by atoms with Gasteiger partial charge in [0.15, 0.2) is 0 Å². The number of benzene rings is 1. The van der Waals surface area contributed by atoms with Gasteiger partial charge in [0.05, 0.1) is 12.1 Å². The number of nitrogens with zero attached hydrogens (tertiary/aromatic N) is 2. The lowest BCUT2D eigenvalue weighted by Crippen LogP contribution is -2.35. The zero-order chi connectivity index (χ0) is 18.6. The van der Waals surface area contributed by atoms with Crippen molar-refractivity contribution in [2.75, 3.05) is 20.2 Å². The van der Waals surface area contributed by atoms with Crippen LogP contribution in [0.15, 0.2) is 50.9 Å². The molecule has 1 aliphatic heterocycles. The number of methoxy groups -OCH3 is 1. The summed E-state index contributed by atoms with van der Waals surface area (Å²) in [5.41, 5.74) is 1.05. The van der Waals surface area contributed by atoms with Crippen LogP contribution in [-0.2, 0) is 15.8 Å². The van der Waals surface area contributed by atoms with Gasteiger partial charge in [-0.2, -0.15) is 4.31 Å². The first kappa shape index (κ1) is 19.7. The van der Waals surface area contributed by atoms with Crippen LogP contribution in [0.2, 0.25) is 0 Å². The molecular formula is C18H21BrN2O3S2. The van der Waals surface area contributed by atoms with E-state index < -0.39 is 10.0 Å². The maximum atomic E-state index is 12.7. The number of rotatable bonds is 6. The van der Waals surface area contributed by atoms with Gasteiger partial charge in [0.2, 0.25) is 10.0 Å². The first-order valence-corrected chi connectivity index (χ1v) is 11.6. The van der Waals surface area contributed by atoms with Crippen molar-refractivity contribution in [2.24, 2.45) is 0 Å². The maximum absolute atomic E-state index is 12.7. The van der Waals surface area contributed by atoms with E-state index in [-0.39, 0.29) is 4.90 Å². The van der Waals surface area contributed by atoms with Crippen molar-refractivity contribution in [1.82, 2.24) is 9.29 Å². The Morgan fingerprint density at radius 3 is 2.62 bits per heavy atom. The van der Waals surface area contributed by atoms with Crippen LogP contribution in [0.5, 0.6) is 5.75 Å². The minimum Gasteiger partial charge on any atom is -0.496 e. The molecule has 0 spiro atoms.